The molecule has 0 aliphatic heterocycles. The third kappa shape index (κ3) is 6.35. The SMILES string of the molecule is CC(CCS(C)=O)NS(=O)(=O)c1cncc(C#CCO)c1. The van der Waals surface area contributed by atoms with Crippen LogP contribution in [-0.4, -0.2) is 47.4 Å². The van der Waals surface area contributed by atoms with Crippen LogP contribution in [0, 0.1) is 11.8 Å². The van der Waals surface area contributed by atoms with Gasteiger partial charge in [-0.25, -0.2) is 13.1 Å². The summed E-state index contributed by atoms with van der Waals surface area (Å²) >= 11 is 0. The van der Waals surface area contributed by atoms with Crippen molar-refractivity contribution in [1.29, 1.82) is 0 Å². The van der Waals surface area contributed by atoms with Crippen LogP contribution in [0.2, 0.25) is 0 Å². The molecule has 2 unspecified atom stereocenters. The molecule has 21 heavy (non-hydrogen) atoms. The summed E-state index contributed by atoms with van der Waals surface area (Å²) in [5.41, 5.74) is 0.411. The monoisotopic (exact) mass is 330 g/mol. The molecule has 2 N–H and O–H groups in total. The zero-order valence-corrected chi connectivity index (χ0v) is 13.5. The van der Waals surface area contributed by atoms with Gasteiger partial charge < -0.3 is 5.11 Å². The van der Waals surface area contributed by atoms with Crippen molar-refractivity contribution in [2.45, 2.75) is 24.3 Å². The normalized spacial score (nSPS) is 14.0. The van der Waals surface area contributed by atoms with Gasteiger partial charge in [0, 0.05) is 46.8 Å². The number of sulfonamides is 1. The third-order valence-electron chi connectivity index (χ3n) is 2.53. The lowest BCUT2D eigenvalue weighted by molar-refractivity contribution is 0.350. The van der Waals surface area contributed by atoms with Crippen molar-refractivity contribution in [2.24, 2.45) is 0 Å². The maximum absolute atomic E-state index is 12.2. The van der Waals surface area contributed by atoms with Gasteiger partial charge >= 0.3 is 0 Å². The van der Waals surface area contributed by atoms with E-state index in [0.717, 1.165) is 0 Å². The van der Waals surface area contributed by atoms with Gasteiger partial charge in [0.15, 0.2) is 0 Å². The summed E-state index contributed by atoms with van der Waals surface area (Å²) in [5.74, 6) is 5.47. The fraction of sp³-hybridized carbons (Fsp3) is 0.462. The number of pyridine rings is 1. The van der Waals surface area contributed by atoms with Crippen LogP contribution in [-0.2, 0) is 20.8 Å². The van der Waals surface area contributed by atoms with Crippen LogP contribution in [0.1, 0.15) is 18.9 Å². The first-order valence-corrected chi connectivity index (χ1v) is 9.43. The number of aliphatic hydroxyl groups is 1. The van der Waals surface area contributed by atoms with Crippen LogP contribution in [0.15, 0.2) is 23.4 Å². The van der Waals surface area contributed by atoms with E-state index in [1.165, 1.54) is 18.5 Å². The van der Waals surface area contributed by atoms with Crippen LogP contribution < -0.4 is 4.72 Å². The van der Waals surface area contributed by atoms with Crippen molar-refractivity contribution in [3.63, 3.8) is 0 Å². The van der Waals surface area contributed by atoms with Crippen molar-refractivity contribution in [3.05, 3.63) is 24.0 Å². The minimum absolute atomic E-state index is 0.0108. The van der Waals surface area contributed by atoms with Crippen LogP contribution in [0.5, 0.6) is 0 Å². The highest BCUT2D eigenvalue weighted by molar-refractivity contribution is 7.89. The fourth-order valence-electron chi connectivity index (χ4n) is 1.51. The van der Waals surface area contributed by atoms with Gasteiger partial charge in [-0.1, -0.05) is 11.8 Å². The number of aromatic nitrogens is 1. The van der Waals surface area contributed by atoms with E-state index in [1.54, 1.807) is 13.2 Å². The molecular formula is C13H18N2O4S2. The summed E-state index contributed by atoms with van der Waals surface area (Å²) in [6, 6.07) is 1.06. The first-order valence-electron chi connectivity index (χ1n) is 6.22. The van der Waals surface area contributed by atoms with E-state index in [2.05, 4.69) is 21.5 Å². The predicted molar refractivity (Wildman–Crippen MR) is 81.5 cm³/mol. The molecule has 1 rings (SSSR count). The van der Waals surface area contributed by atoms with E-state index < -0.39 is 20.8 Å². The molecule has 0 amide bonds. The molecule has 6 nitrogen and oxygen atoms in total. The minimum atomic E-state index is -3.70. The van der Waals surface area contributed by atoms with Crippen LogP contribution in [0.3, 0.4) is 0 Å². The summed E-state index contributed by atoms with van der Waals surface area (Å²) in [5, 5.41) is 8.63. The molecule has 1 aromatic heterocycles. The summed E-state index contributed by atoms with van der Waals surface area (Å²) < 4.78 is 37.9. The number of hydrogen-bond acceptors (Lipinski definition) is 5. The van der Waals surface area contributed by atoms with E-state index in [1.807, 2.05) is 0 Å². The van der Waals surface area contributed by atoms with E-state index in [0.29, 0.717) is 17.7 Å². The number of nitrogens with one attached hydrogen (secondary N) is 1. The van der Waals surface area contributed by atoms with Crippen molar-refractivity contribution >= 4 is 20.8 Å². The second-order valence-electron chi connectivity index (χ2n) is 4.46. The molecule has 0 saturated heterocycles. The molecule has 0 saturated carbocycles. The maximum Gasteiger partial charge on any atom is 0.242 e. The van der Waals surface area contributed by atoms with Crippen molar-refractivity contribution in [2.75, 3.05) is 18.6 Å². The first kappa shape index (κ1) is 17.8. The maximum atomic E-state index is 12.2. The first-order chi connectivity index (χ1) is 9.85. The number of rotatable bonds is 6. The Labute approximate surface area is 127 Å². The van der Waals surface area contributed by atoms with Crippen molar-refractivity contribution < 1.29 is 17.7 Å². The van der Waals surface area contributed by atoms with Crippen LogP contribution in [0.4, 0.5) is 0 Å². The molecule has 0 bridgehead atoms. The lowest BCUT2D eigenvalue weighted by Gasteiger charge is -2.13. The highest BCUT2D eigenvalue weighted by Gasteiger charge is 2.18. The number of aliphatic hydroxyl groups excluding tert-OH is 1. The molecule has 0 radical (unpaired) electrons. The van der Waals surface area contributed by atoms with Crippen molar-refractivity contribution in [3.8, 4) is 11.8 Å². The second kappa shape index (κ2) is 8.24. The quantitative estimate of drug-likeness (QED) is 0.708. The van der Waals surface area contributed by atoms with Crippen molar-refractivity contribution in [1.82, 2.24) is 9.71 Å². The molecule has 0 aliphatic rings. The molecule has 0 spiro atoms. The molecule has 2 atom stereocenters. The predicted octanol–water partition coefficient (Wildman–Crippen LogP) is -0.139. The average molecular weight is 330 g/mol. The van der Waals surface area contributed by atoms with Gasteiger partial charge in [-0.3, -0.25) is 9.19 Å². The fourth-order valence-corrected chi connectivity index (χ4v) is 3.46. The Morgan fingerprint density at radius 3 is 2.81 bits per heavy atom. The van der Waals surface area contributed by atoms with E-state index in [-0.39, 0.29) is 17.5 Å². The topological polar surface area (TPSA) is 96.4 Å². The van der Waals surface area contributed by atoms with Gasteiger partial charge in [-0.05, 0) is 19.4 Å². The Balaban J connectivity index is 2.85. The lowest BCUT2D eigenvalue weighted by atomic mass is 10.3. The molecule has 0 aliphatic carbocycles. The van der Waals surface area contributed by atoms with Crippen LogP contribution >= 0.6 is 0 Å². The number of hydrogen-bond donors (Lipinski definition) is 2. The molecule has 0 fully saturated rings. The highest BCUT2D eigenvalue weighted by Crippen LogP contribution is 2.10. The number of nitrogens with zero attached hydrogens (tertiary/aromatic N) is 1. The summed E-state index contributed by atoms with van der Waals surface area (Å²) in [7, 11) is -4.65. The molecular weight excluding hydrogens is 312 g/mol. The Morgan fingerprint density at radius 1 is 1.48 bits per heavy atom. The molecule has 116 valence electrons. The van der Waals surface area contributed by atoms with Gasteiger partial charge in [0.1, 0.15) is 11.5 Å². The average Bonchev–Trinajstić information content (AvgIpc) is 2.43. The lowest BCUT2D eigenvalue weighted by Crippen LogP contribution is -2.33. The third-order valence-corrected chi connectivity index (χ3v) is 4.90. The smallest absolute Gasteiger partial charge is 0.242 e. The second-order valence-corrected chi connectivity index (χ2v) is 7.73. The Bertz CT molecular complexity index is 662. The van der Waals surface area contributed by atoms with Gasteiger partial charge in [-0.15, -0.1) is 0 Å². The van der Waals surface area contributed by atoms with Gasteiger partial charge in [0.2, 0.25) is 10.0 Å². The Hall–Kier alpha value is -1.27. The minimum Gasteiger partial charge on any atom is -0.384 e. The van der Waals surface area contributed by atoms with Crippen LogP contribution in [0.25, 0.3) is 0 Å². The zero-order valence-electron chi connectivity index (χ0n) is 11.9. The molecule has 1 aromatic rings. The van der Waals surface area contributed by atoms with E-state index in [4.69, 9.17) is 5.11 Å². The van der Waals surface area contributed by atoms with E-state index >= 15 is 0 Å². The molecule has 0 aromatic carbocycles. The summed E-state index contributed by atoms with van der Waals surface area (Å²) in [6.45, 7) is 1.41. The Kier molecular flexibility index (Phi) is 6.98. The molecule has 8 heteroatoms. The Morgan fingerprint density at radius 2 is 2.19 bits per heavy atom. The highest BCUT2D eigenvalue weighted by atomic mass is 32.2. The standard InChI is InChI=1S/C13H18N2O4S2/c1-11(5-7-20(2)17)15-21(18,19)13-8-12(4-3-6-16)9-14-10-13/h8-11,15-16H,5-7H2,1-2H3. The van der Waals surface area contributed by atoms with Gasteiger partial charge in [0.05, 0.1) is 0 Å². The summed E-state index contributed by atoms with van der Waals surface area (Å²) in [4.78, 5) is 3.84. The summed E-state index contributed by atoms with van der Waals surface area (Å²) in [6.07, 6.45) is 4.72. The molecule has 1 heterocycles. The van der Waals surface area contributed by atoms with Gasteiger partial charge in [-0.2, -0.15) is 0 Å². The zero-order chi connectivity index (χ0) is 15.9. The van der Waals surface area contributed by atoms with E-state index in [9.17, 15) is 12.6 Å². The van der Waals surface area contributed by atoms with Gasteiger partial charge in [0.25, 0.3) is 0 Å². The largest absolute Gasteiger partial charge is 0.384 e.